The molecule has 1 aromatic heterocycles. The standard InChI is InChI=1S/C25H24FN3O3/c1-15-24(18-6-11-22-21(12-18)27-23(31)14-32-22)25(17-4-7-19(26)8-5-17)29(28-15)13-16-2-9-20(30)10-3-16/h4-8,11-12,16H,2-3,9-10,13-14H2,1H3,(H,27,31). The fraction of sp³-hybridized carbons (Fsp3) is 0.320. The smallest absolute Gasteiger partial charge is 0.262 e. The lowest BCUT2D eigenvalue weighted by atomic mass is 9.88. The van der Waals surface area contributed by atoms with Crippen LogP contribution in [0.3, 0.4) is 0 Å². The number of hydrogen-bond acceptors (Lipinski definition) is 4. The molecule has 32 heavy (non-hydrogen) atoms. The molecular weight excluding hydrogens is 409 g/mol. The Kier molecular flexibility index (Phi) is 5.25. The van der Waals surface area contributed by atoms with Crippen LogP contribution in [0.25, 0.3) is 22.4 Å². The molecule has 1 fully saturated rings. The largest absolute Gasteiger partial charge is 0.482 e. The van der Waals surface area contributed by atoms with Gasteiger partial charge < -0.3 is 10.1 Å². The molecule has 7 heteroatoms. The zero-order valence-corrected chi connectivity index (χ0v) is 17.9. The van der Waals surface area contributed by atoms with E-state index in [1.165, 1.54) is 12.1 Å². The second kappa shape index (κ2) is 8.22. The summed E-state index contributed by atoms with van der Waals surface area (Å²) in [6.07, 6.45) is 2.96. The topological polar surface area (TPSA) is 73.2 Å². The number of aromatic nitrogens is 2. The quantitative estimate of drug-likeness (QED) is 0.644. The van der Waals surface area contributed by atoms with Crippen LogP contribution < -0.4 is 10.1 Å². The highest BCUT2D eigenvalue weighted by Gasteiger charge is 2.25. The van der Waals surface area contributed by atoms with Crippen LogP contribution in [0.1, 0.15) is 31.4 Å². The summed E-state index contributed by atoms with van der Waals surface area (Å²) in [5, 5.41) is 7.71. The number of anilines is 1. The van der Waals surface area contributed by atoms with Crippen LogP contribution in [0.2, 0.25) is 0 Å². The first-order valence-electron chi connectivity index (χ1n) is 10.9. The number of fused-ring (bicyclic) bond motifs is 1. The summed E-state index contributed by atoms with van der Waals surface area (Å²) >= 11 is 0. The lowest BCUT2D eigenvalue weighted by Gasteiger charge is -2.22. The molecule has 1 saturated carbocycles. The van der Waals surface area contributed by atoms with Crippen LogP contribution in [0.15, 0.2) is 42.5 Å². The van der Waals surface area contributed by atoms with Crippen LogP contribution in [0.5, 0.6) is 5.75 Å². The van der Waals surface area contributed by atoms with Crippen molar-refractivity contribution in [2.24, 2.45) is 5.92 Å². The van der Waals surface area contributed by atoms with E-state index in [0.29, 0.717) is 42.5 Å². The van der Waals surface area contributed by atoms with E-state index in [0.717, 1.165) is 40.9 Å². The second-order valence-corrected chi connectivity index (χ2v) is 8.53. The Morgan fingerprint density at radius 1 is 1.09 bits per heavy atom. The molecule has 0 unspecified atom stereocenters. The number of benzene rings is 2. The lowest BCUT2D eigenvalue weighted by Crippen LogP contribution is -2.25. The van der Waals surface area contributed by atoms with Gasteiger partial charge in [0.1, 0.15) is 17.3 Å². The molecule has 0 saturated heterocycles. The van der Waals surface area contributed by atoms with Gasteiger partial charge in [0.2, 0.25) is 0 Å². The van der Waals surface area contributed by atoms with Gasteiger partial charge in [-0.25, -0.2) is 4.39 Å². The number of hydrogen-bond donors (Lipinski definition) is 1. The molecule has 2 heterocycles. The third-order valence-electron chi connectivity index (χ3n) is 6.24. The number of aryl methyl sites for hydroxylation is 1. The molecule has 3 aromatic rings. The van der Waals surface area contributed by atoms with Gasteiger partial charge in [-0.2, -0.15) is 5.10 Å². The molecule has 1 N–H and O–H groups in total. The summed E-state index contributed by atoms with van der Waals surface area (Å²) in [5.41, 5.74) is 5.08. The maximum absolute atomic E-state index is 13.7. The van der Waals surface area contributed by atoms with Crippen molar-refractivity contribution < 1.29 is 18.7 Å². The highest BCUT2D eigenvalue weighted by molar-refractivity contribution is 5.97. The van der Waals surface area contributed by atoms with Gasteiger partial charge in [0.15, 0.2) is 6.61 Å². The number of amides is 1. The van der Waals surface area contributed by atoms with Gasteiger partial charge in [0, 0.05) is 30.5 Å². The van der Waals surface area contributed by atoms with E-state index in [1.54, 1.807) is 12.1 Å². The normalized spacial score (nSPS) is 16.4. The highest BCUT2D eigenvalue weighted by atomic mass is 19.1. The molecule has 6 nitrogen and oxygen atoms in total. The van der Waals surface area contributed by atoms with E-state index >= 15 is 0 Å². The van der Waals surface area contributed by atoms with Crippen molar-refractivity contribution in [1.29, 1.82) is 0 Å². The van der Waals surface area contributed by atoms with Crippen molar-refractivity contribution in [2.45, 2.75) is 39.2 Å². The second-order valence-electron chi connectivity index (χ2n) is 8.53. The van der Waals surface area contributed by atoms with E-state index in [2.05, 4.69) is 5.32 Å². The van der Waals surface area contributed by atoms with Gasteiger partial charge in [0.05, 0.1) is 17.1 Å². The predicted molar refractivity (Wildman–Crippen MR) is 119 cm³/mol. The van der Waals surface area contributed by atoms with Crippen molar-refractivity contribution in [3.63, 3.8) is 0 Å². The van der Waals surface area contributed by atoms with Crippen molar-refractivity contribution in [3.05, 3.63) is 54.0 Å². The Balaban J connectivity index is 1.60. The van der Waals surface area contributed by atoms with E-state index in [9.17, 15) is 14.0 Å². The number of ether oxygens (including phenoxy) is 1. The molecule has 0 atom stereocenters. The van der Waals surface area contributed by atoms with E-state index in [4.69, 9.17) is 9.84 Å². The third-order valence-corrected chi connectivity index (χ3v) is 6.24. The number of rotatable bonds is 4. The average Bonchev–Trinajstić information content (AvgIpc) is 3.11. The van der Waals surface area contributed by atoms with Gasteiger partial charge in [-0.3, -0.25) is 14.3 Å². The number of nitrogens with zero attached hydrogens (tertiary/aromatic N) is 2. The fourth-order valence-corrected chi connectivity index (χ4v) is 4.63. The lowest BCUT2D eigenvalue weighted by molar-refractivity contribution is -0.121. The van der Waals surface area contributed by atoms with Crippen molar-refractivity contribution in [3.8, 4) is 28.1 Å². The minimum Gasteiger partial charge on any atom is -0.482 e. The number of halogens is 1. The number of ketones is 1. The minimum atomic E-state index is -0.294. The first-order chi connectivity index (χ1) is 15.5. The molecule has 0 radical (unpaired) electrons. The maximum atomic E-state index is 13.7. The average molecular weight is 433 g/mol. The van der Waals surface area contributed by atoms with E-state index < -0.39 is 0 Å². The van der Waals surface area contributed by atoms with Crippen LogP contribution in [0.4, 0.5) is 10.1 Å². The summed E-state index contributed by atoms with van der Waals surface area (Å²) in [6.45, 7) is 2.66. The van der Waals surface area contributed by atoms with Crippen molar-refractivity contribution >= 4 is 17.4 Å². The summed E-state index contributed by atoms with van der Waals surface area (Å²) in [4.78, 5) is 23.5. The molecule has 2 aliphatic rings. The molecule has 1 aliphatic carbocycles. The Morgan fingerprint density at radius 3 is 2.56 bits per heavy atom. The first-order valence-corrected chi connectivity index (χ1v) is 10.9. The summed E-state index contributed by atoms with van der Waals surface area (Å²) in [6, 6.07) is 12.1. The van der Waals surface area contributed by atoms with Crippen LogP contribution in [-0.2, 0) is 16.1 Å². The van der Waals surface area contributed by atoms with E-state index in [-0.39, 0.29) is 18.3 Å². The summed E-state index contributed by atoms with van der Waals surface area (Å²) in [7, 11) is 0. The molecule has 2 aromatic carbocycles. The predicted octanol–water partition coefficient (Wildman–Crippen LogP) is 4.75. The van der Waals surface area contributed by atoms with Gasteiger partial charge in [0.25, 0.3) is 5.91 Å². The number of Topliss-reactive ketones (excluding diaryl/α,β-unsaturated/α-hetero) is 1. The number of carbonyl (C=O) groups excluding carboxylic acids is 2. The van der Waals surface area contributed by atoms with Gasteiger partial charge in [-0.15, -0.1) is 0 Å². The summed E-state index contributed by atoms with van der Waals surface area (Å²) < 4.78 is 21.1. The Morgan fingerprint density at radius 2 is 1.81 bits per heavy atom. The molecule has 1 aliphatic heterocycles. The Bertz CT molecular complexity index is 1190. The minimum absolute atomic E-state index is 0.00796. The fourth-order valence-electron chi connectivity index (χ4n) is 4.63. The van der Waals surface area contributed by atoms with Crippen LogP contribution >= 0.6 is 0 Å². The third kappa shape index (κ3) is 3.90. The number of nitrogens with one attached hydrogen (secondary N) is 1. The molecule has 0 bridgehead atoms. The van der Waals surface area contributed by atoms with Gasteiger partial charge in [-0.1, -0.05) is 6.07 Å². The zero-order valence-electron chi connectivity index (χ0n) is 17.9. The monoisotopic (exact) mass is 433 g/mol. The molecule has 1 amide bonds. The van der Waals surface area contributed by atoms with Crippen molar-refractivity contribution in [1.82, 2.24) is 9.78 Å². The summed E-state index contributed by atoms with van der Waals surface area (Å²) in [5.74, 6) is 0.852. The highest BCUT2D eigenvalue weighted by Crippen LogP contribution is 2.40. The van der Waals surface area contributed by atoms with Gasteiger partial charge in [-0.05, 0) is 67.6 Å². The maximum Gasteiger partial charge on any atom is 0.262 e. The Labute approximate surface area is 185 Å². The molecule has 0 spiro atoms. The molecule has 5 rings (SSSR count). The molecular formula is C25H24FN3O3. The van der Waals surface area contributed by atoms with Gasteiger partial charge >= 0.3 is 0 Å². The van der Waals surface area contributed by atoms with Crippen LogP contribution in [0, 0.1) is 18.7 Å². The molecule has 164 valence electrons. The van der Waals surface area contributed by atoms with E-state index in [1.807, 2.05) is 29.8 Å². The zero-order chi connectivity index (χ0) is 22.2. The SMILES string of the molecule is Cc1nn(CC2CCC(=O)CC2)c(-c2ccc(F)cc2)c1-c1ccc2c(c1)NC(=O)CO2. The number of carbonyl (C=O) groups is 2. The van der Waals surface area contributed by atoms with Crippen molar-refractivity contribution in [2.75, 3.05) is 11.9 Å². The Hall–Kier alpha value is -3.48. The first kappa shape index (κ1) is 20.4. The van der Waals surface area contributed by atoms with Crippen LogP contribution in [-0.4, -0.2) is 28.1 Å².